The predicted octanol–water partition coefficient (Wildman–Crippen LogP) is 5.31. The van der Waals surface area contributed by atoms with E-state index < -0.39 is 5.60 Å². The standard InChI is InChI=1S/C23H27ClN2O4/c1-23(2,3)29-22(28)25-15-13-17(14-16-25)21(27)26(19-7-5-4-6-8-19)30-20-11-9-18(24)10-12-20/h4-12,17H,13-16H2,1-3H3. The van der Waals surface area contributed by atoms with E-state index in [0.29, 0.717) is 42.4 Å². The van der Waals surface area contributed by atoms with E-state index in [9.17, 15) is 9.59 Å². The Kier molecular flexibility index (Phi) is 6.87. The topological polar surface area (TPSA) is 59.1 Å². The lowest BCUT2D eigenvalue weighted by molar-refractivity contribution is -0.128. The highest BCUT2D eigenvalue weighted by molar-refractivity contribution is 6.30. The molecule has 1 fully saturated rings. The van der Waals surface area contributed by atoms with Crippen molar-refractivity contribution in [2.24, 2.45) is 5.92 Å². The number of amides is 2. The minimum absolute atomic E-state index is 0.139. The zero-order valence-corrected chi connectivity index (χ0v) is 18.3. The van der Waals surface area contributed by atoms with Crippen LogP contribution in [0.4, 0.5) is 10.5 Å². The Morgan fingerprint density at radius 1 is 1.00 bits per heavy atom. The third-order valence-electron chi connectivity index (χ3n) is 4.70. The van der Waals surface area contributed by atoms with Crippen LogP contribution in [0.1, 0.15) is 33.6 Å². The molecule has 0 atom stereocenters. The second-order valence-corrected chi connectivity index (χ2v) is 8.69. The molecule has 0 saturated carbocycles. The van der Waals surface area contributed by atoms with Crippen LogP contribution in [0.3, 0.4) is 0 Å². The Morgan fingerprint density at radius 3 is 2.17 bits per heavy atom. The molecule has 7 heteroatoms. The lowest BCUT2D eigenvalue weighted by atomic mass is 9.96. The summed E-state index contributed by atoms with van der Waals surface area (Å²) in [4.78, 5) is 33.2. The molecule has 3 rings (SSSR count). The maximum Gasteiger partial charge on any atom is 0.410 e. The summed E-state index contributed by atoms with van der Waals surface area (Å²) in [6, 6.07) is 16.1. The molecule has 30 heavy (non-hydrogen) atoms. The lowest BCUT2D eigenvalue weighted by Crippen LogP contribution is -2.46. The number of ether oxygens (including phenoxy) is 1. The maximum absolute atomic E-state index is 13.3. The van der Waals surface area contributed by atoms with E-state index in [-0.39, 0.29) is 17.9 Å². The Bertz CT molecular complexity index is 857. The number of hydrogen-bond acceptors (Lipinski definition) is 4. The number of carbonyl (C=O) groups is 2. The molecule has 1 saturated heterocycles. The summed E-state index contributed by atoms with van der Waals surface area (Å²) in [5.41, 5.74) is 0.104. The second-order valence-electron chi connectivity index (χ2n) is 8.26. The molecule has 0 spiro atoms. The normalized spacial score (nSPS) is 14.9. The predicted molar refractivity (Wildman–Crippen MR) is 117 cm³/mol. The van der Waals surface area contributed by atoms with Gasteiger partial charge >= 0.3 is 6.09 Å². The molecule has 2 aromatic rings. The van der Waals surface area contributed by atoms with Crippen LogP contribution >= 0.6 is 11.6 Å². The number of anilines is 1. The van der Waals surface area contributed by atoms with E-state index in [1.54, 1.807) is 29.2 Å². The zero-order valence-electron chi connectivity index (χ0n) is 17.5. The van der Waals surface area contributed by atoms with E-state index in [2.05, 4.69) is 0 Å². The number of nitrogens with zero attached hydrogens (tertiary/aromatic N) is 2. The van der Waals surface area contributed by atoms with Gasteiger partial charge in [-0.2, -0.15) is 0 Å². The molecular weight excluding hydrogens is 404 g/mol. The van der Waals surface area contributed by atoms with Crippen molar-refractivity contribution < 1.29 is 19.2 Å². The van der Waals surface area contributed by atoms with Crippen LogP contribution in [0.25, 0.3) is 0 Å². The number of para-hydroxylation sites is 1. The Balaban J connectivity index is 1.69. The van der Waals surface area contributed by atoms with Crippen LogP contribution in [0.5, 0.6) is 5.75 Å². The second kappa shape index (κ2) is 9.39. The van der Waals surface area contributed by atoms with Crippen molar-refractivity contribution in [2.75, 3.05) is 18.2 Å². The van der Waals surface area contributed by atoms with Crippen LogP contribution in [-0.4, -0.2) is 35.6 Å². The molecule has 1 aliphatic rings. The first-order valence-corrected chi connectivity index (χ1v) is 10.4. The van der Waals surface area contributed by atoms with Crippen molar-refractivity contribution >= 4 is 29.3 Å². The highest BCUT2D eigenvalue weighted by Gasteiger charge is 2.33. The fraction of sp³-hybridized carbons (Fsp3) is 0.391. The van der Waals surface area contributed by atoms with Crippen molar-refractivity contribution in [2.45, 2.75) is 39.2 Å². The van der Waals surface area contributed by atoms with Gasteiger partial charge in [0.1, 0.15) is 5.60 Å². The van der Waals surface area contributed by atoms with Crippen LogP contribution in [0, 0.1) is 5.92 Å². The molecule has 6 nitrogen and oxygen atoms in total. The van der Waals surface area contributed by atoms with Crippen molar-refractivity contribution in [1.29, 1.82) is 0 Å². The molecule has 1 heterocycles. The number of likely N-dealkylation sites (tertiary alicyclic amines) is 1. The van der Waals surface area contributed by atoms with Crippen LogP contribution < -0.4 is 9.90 Å². The molecule has 2 amide bonds. The third-order valence-corrected chi connectivity index (χ3v) is 4.95. The highest BCUT2D eigenvalue weighted by Crippen LogP contribution is 2.26. The molecular formula is C23H27ClN2O4. The summed E-state index contributed by atoms with van der Waals surface area (Å²) >= 11 is 5.95. The fourth-order valence-electron chi connectivity index (χ4n) is 3.19. The minimum Gasteiger partial charge on any atom is -0.444 e. The van der Waals surface area contributed by atoms with Crippen molar-refractivity contribution in [3.05, 3.63) is 59.6 Å². The molecule has 0 radical (unpaired) electrons. The first-order valence-electron chi connectivity index (χ1n) is 10.0. The third kappa shape index (κ3) is 5.89. The summed E-state index contributed by atoms with van der Waals surface area (Å²) in [7, 11) is 0. The van der Waals surface area contributed by atoms with Gasteiger partial charge in [-0.15, -0.1) is 5.06 Å². The highest BCUT2D eigenvalue weighted by atomic mass is 35.5. The van der Waals surface area contributed by atoms with E-state index in [0.717, 1.165) is 0 Å². The molecule has 0 aliphatic carbocycles. The number of benzene rings is 2. The zero-order chi connectivity index (χ0) is 21.7. The fourth-order valence-corrected chi connectivity index (χ4v) is 3.32. The Hall–Kier alpha value is -2.73. The molecule has 0 aromatic heterocycles. The molecule has 0 N–H and O–H groups in total. The maximum atomic E-state index is 13.3. The van der Waals surface area contributed by atoms with Crippen molar-refractivity contribution in [1.82, 2.24) is 4.90 Å². The first-order chi connectivity index (χ1) is 14.2. The molecule has 1 aliphatic heterocycles. The Morgan fingerprint density at radius 2 is 1.60 bits per heavy atom. The summed E-state index contributed by atoms with van der Waals surface area (Å²) < 4.78 is 5.43. The SMILES string of the molecule is CC(C)(C)OC(=O)N1CCC(C(=O)N(Oc2ccc(Cl)cc2)c2ccccc2)CC1. The Labute approximate surface area is 182 Å². The van der Waals surface area contributed by atoms with E-state index in [4.69, 9.17) is 21.2 Å². The number of carbonyl (C=O) groups excluding carboxylic acids is 2. The van der Waals surface area contributed by atoms with Gasteiger partial charge in [-0.25, -0.2) is 4.79 Å². The van der Waals surface area contributed by atoms with Gasteiger partial charge in [0.15, 0.2) is 5.75 Å². The van der Waals surface area contributed by atoms with Gasteiger partial charge in [0, 0.05) is 24.0 Å². The van der Waals surface area contributed by atoms with Crippen LogP contribution in [0.15, 0.2) is 54.6 Å². The quantitative estimate of drug-likeness (QED) is 0.616. The van der Waals surface area contributed by atoms with E-state index >= 15 is 0 Å². The summed E-state index contributed by atoms with van der Waals surface area (Å²) in [6.45, 7) is 6.46. The molecule has 2 aromatic carbocycles. The van der Waals surface area contributed by atoms with Gasteiger partial charge in [-0.1, -0.05) is 29.8 Å². The van der Waals surface area contributed by atoms with Gasteiger partial charge in [0.05, 0.1) is 5.69 Å². The first kappa shape index (κ1) is 22.0. The van der Waals surface area contributed by atoms with Gasteiger partial charge in [-0.05, 0) is 70.0 Å². The number of rotatable bonds is 4. The average Bonchev–Trinajstić information content (AvgIpc) is 2.72. The number of piperidine rings is 1. The van der Waals surface area contributed by atoms with Gasteiger partial charge in [0.2, 0.25) is 0 Å². The van der Waals surface area contributed by atoms with Crippen molar-refractivity contribution in [3.63, 3.8) is 0 Å². The van der Waals surface area contributed by atoms with Gasteiger partial charge in [-0.3, -0.25) is 4.79 Å². The number of hydroxylamine groups is 1. The monoisotopic (exact) mass is 430 g/mol. The van der Waals surface area contributed by atoms with Gasteiger partial charge < -0.3 is 14.5 Å². The van der Waals surface area contributed by atoms with Crippen molar-refractivity contribution in [3.8, 4) is 5.75 Å². The van der Waals surface area contributed by atoms with E-state index in [1.807, 2.05) is 51.1 Å². The summed E-state index contributed by atoms with van der Waals surface area (Å²) in [5, 5.41) is 1.92. The summed E-state index contributed by atoms with van der Waals surface area (Å²) in [6.07, 6.45) is 0.752. The molecule has 160 valence electrons. The van der Waals surface area contributed by atoms with Crippen LogP contribution in [0.2, 0.25) is 5.02 Å². The number of halogens is 1. The largest absolute Gasteiger partial charge is 0.444 e. The van der Waals surface area contributed by atoms with Crippen LogP contribution in [-0.2, 0) is 9.53 Å². The molecule has 0 unspecified atom stereocenters. The lowest BCUT2D eigenvalue weighted by Gasteiger charge is -2.34. The average molecular weight is 431 g/mol. The van der Waals surface area contributed by atoms with E-state index in [1.165, 1.54) is 5.06 Å². The minimum atomic E-state index is -0.541. The summed E-state index contributed by atoms with van der Waals surface area (Å²) in [5.74, 6) is 0.124. The number of hydrogen-bond donors (Lipinski definition) is 0. The smallest absolute Gasteiger partial charge is 0.410 e. The van der Waals surface area contributed by atoms with Gasteiger partial charge in [0.25, 0.3) is 5.91 Å². The molecule has 0 bridgehead atoms.